The van der Waals surface area contributed by atoms with Crippen molar-refractivity contribution in [1.82, 2.24) is 14.5 Å². The zero-order valence-corrected chi connectivity index (χ0v) is 19.7. The Morgan fingerprint density at radius 1 is 1.06 bits per heavy atom. The van der Waals surface area contributed by atoms with Crippen LogP contribution in [0.25, 0.3) is 16.6 Å². The molecule has 6 nitrogen and oxygen atoms in total. The van der Waals surface area contributed by atoms with Crippen LogP contribution < -0.4 is 5.56 Å². The molecular formula is C25H28N4O2S. The molecule has 166 valence electrons. The van der Waals surface area contributed by atoms with Gasteiger partial charge in [0.05, 0.1) is 34.0 Å². The molecule has 0 spiro atoms. The number of hydrogen-bond acceptors (Lipinski definition) is 5. The van der Waals surface area contributed by atoms with Crippen LogP contribution in [-0.2, 0) is 4.79 Å². The lowest BCUT2D eigenvalue weighted by molar-refractivity contribution is -0.129. The van der Waals surface area contributed by atoms with Crippen molar-refractivity contribution >= 4 is 28.6 Å². The van der Waals surface area contributed by atoms with E-state index in [0.29, 0.717) is 52.2 Å². The van der Waals surface area contributed by atoms with Crippen LogP contribution in [0, 0.1) is 23.2 Å². The molecule has 0 fully saturated rings. The summed E-state index contributed by atoms with van der Waals surface area (Å²) < 4.78 is 1.52. The maximum Gasteiger partial charge on any atom is 0.266 e. The molecule has 0 N–H and O–H groups in total. The molecule has 32 heavy (non-hydrogen) atoms. The maximum atomic E-state index is 13.3. The van der Waals surface area contributed by atoms with Crippen molar-refractivity contribution in [2.45, 2.75) is 32.9 Å². The van der Waals surface area contributed by atoms with Crippen molar-refractivity contribution in [1.29, 1.82) is 5.26 Å². The number of thioether (sulfide) groups is 1. The van der Waals surface area contributed by atoms with Gasteiger partial charge in [-0.3, -0.25) is 14.2 Å². The van der Waals surface area contributed by atoms with Crippen LogP contribution in [-0.4, -0.2) is 39.2 Å². The van der Waals surface area contributed by atoms with E-state index in [4.69, 9.17) is 10.2 Å². The first-order valence-electron chi connectivity index (χ1n) is 10.7. The molecule has 0 unspecified atom stereocenters. The van der Waals surface area contributed by atoms with Gasteiger partial charge >= 0.3 is 0 Å². The minimum Gasteiger partial charge on any atom is -0.341 e. The van der Waals surface area contributed by atoms with Gasteiger partial charge in [0, 0.05) is 13.1 Å². The number of nitrogens with zero attached hydrogens (tertiary/aromatic N) is 4. The third-order valence-electron chi connectivity index (χ3n) is 4.85. The normalized spacial score (nSPS) is 11.2. The minimum absolute atomic E-state index is 0.0335. The van der Waals surface area contributed by atoms with E-state index >= 15 is 0 Å². The quantitative estimate of drug-likeness (QED) is 0.375. The van der Waals surface area contributed by atoms with Crippen LogP contribution >= 0.6 is 11.8 Å². The van der Waals surface area contributed by atoms with Gasteiger partial charge < -0.3 is 4.90 Å². The minimum atomic E-state index is -0.198. The number of para-hydroxylation sites is 1. The molecule has 0 saturated heterocycles. The van der Waals surface area contributed by atoms with Crippen molar-refractivity contribution in [3.8, 4) is 11.8 Å². The van der Waals surface area contributed by atoms with Crippen LogP contribution in [0.15, 0.2) is 58.5 Å². The second kappa shape index (κ2) is 10.5. The van der Waals surface area contributed by atoms with E-state index in [1.807, 2.05) is 11.0 Å². The fourth-order valence-corrected chi connectivity index (χ4v) is 4.41. The van der Waals surface area contributed by atoms with E-state index in [1.54, 1.807) is 42.5 Å². The average Bonchev–Trinajstić information content (AvgIpc) is 2.76. The lowest BCUT2D eigenvalue weighted by Gasteiger charge is -2.26. The summed E-state index contributed by atoms with van der Waals surface area (Å²) in [7, 11) is 0. The van der Waals surface area contributed by atoms with Gasteiger partial charge in [0.15, 0.2) is 5.16 Å². The van der Waals surface area contributed by atoms with E-state index in [9.17, 15) is 9.59 Å². The van der Waals surface area contributed by atoms with Gasteiger partial charge in [0.2, 0.25) is 5.91 Å². The van der Waals surface area contributed by atoms with Crippen molar-refractivity contribution in [2.75, 3.05) is 18.8 Å². The zero-order valence-electron chi connectivity index (χ0n) is 18.9. The largest absolute Gasteiger partial charge is 0.341 e. The van der Waals surface area contributed by atoms with Crippen LogP contribution in [0.1, 0.15) is 33.3 Å². The molecule has 1 heterocycles. The van der Waals surface area contributed by atoms with Gasteiger partial charge in [0.1, 0.15) is 0 Å². The third-order valence-corrected chi connectivity index (χ3v) is 5.77. The predicted octanol–water partition coefficient (Wildman–Crippen LogP) is 4.49. The van der Waals surface area contributed by atoms with E-state index in [2.05, 4.69) is 33.8 Å². The lowest BCUT2D eigenvalue weighted by Crippen LogP contribution is -2.38. The molecule has 0 saturated carbocycles. The lowest BCUT2D eigenvalue weighted by atomic mass is 10.1. The highest BCUT2D eigenvalue weighted by Crippen LogP contribution is 2.22. The number of nitriles is 1. The summed E-state index contributed by atoms with van der Waals surface area (Å²) in [6.07, 6.45) is 0. The van der Waals surface area contributed by atoms with Gasteiger partial charge in [-0.1, -0.05) is 51.6 Å². The average molecular weight is 449 g/mol. The molecular weight excluding hydrogens is 420 g/mol. The zero-order chi connectivity index (χ0) is 23.3. The van der Waals surface area contributed by atoms with E-state index in [1.165, 1.54) is 16.3 Å². The summed E-state index contributed by atoms with van der Waals surface area (Å²) in [4.78, 5) is 32.9. The molecule has 0 aliphatic heterocycles. The summed E-state index contributed by atoms with van der Waals surface area (Å²) in [6, 6.07) is 16.1. The summed E-state index contributed by atoms with van der Waals surface area (Å²) in [6.45, 7) is 9.79. The Balaban J connectivity index is 1.98. The van der Waals surface area contributed by atoms with Gasteiger partial charge in [-0.2, -0.15) is 5.26 Å². The van der Waals surface area contributed by atoms with Gasteiger partial charge in [-0.05, 0) is 48.2 Å². The van der Waals surface area contributed by atoms with Crippen molar-refractivity contribution in [3.05, 3.63) is 64.4 Å². The van der Waals surface area contributed by atoms with Gasteiger partial charge in [-0.25, -0.2) is 4.98 Å². The monoisotopic (exact) mass is 448 g/mol. The Labute approximate surface area is 192 Å². The number of carbonyl (C=O) groups excluding carboxylic acids is 1. The summed E-state index contributed by atoms with van der Waals surface area (Å²) in [5, 5.41) is 10.1. The Hall–Kier alpha value is -3.11. The SMILES string of the molecule is CC(C)CN(CC(C)C)C(=O)CSc1nc2ccccc2c(=O)n1-c1ccc(C#N)cc1. The van der Waals surface area contributed by atoms with E-state index < -0.39 is 0 Å². The summed E-state index contributed by atoms with van der Waals surface area (Å²) >= 11 is 1.27. The first-order chi connectivity index (χ1) is 15.3. The standard InChI is InChI=1S/C25H28N4O2S/c1-17(2)14-28(15-18(3)4)23(30)16-32-25-27-22-8-6-5-7-21(22)24(31)29(25)20-11-9-19(13-26)10-12-20/h5-12,17-18H,14-16H2,1-4H3. The fraction of sp³-hybridized carbons (Fsp3) is 0.360. The number of hydrogen-bond donors (Lipinski definition) is 0. The first kappa shape index (κ1) is 23.6. The highest BCUT2D eigenvalue weighted by molar-refractivity contribution is 7.99. The summed E-state index contributed by atoms with van der Waals surface area (Å²) in [5.74, 6) is 0.975. The molecule has 7 heteroatoms. The highest BCUT2D eigenvalue weighted by Gasteiger charge is 2.19. The summed E-state index contributed by atoms with van der Waals surface area (Å²) in [5.41, 5.74) is 1.52. The maximum absolute atomic E-state index is 13.3. The second-order valence-electron chi connectivity index (χ2n) is 8.59. The van der Waals surface area contributed by atoms with Crippen LogP contribution in [0.3, 0.4) is 0 Å². The Bertz CT molecular complexity index is 1180. The fourth-order valence-electron chi connectivity index (χ4n) is 3.50. The number of fused-ring (bicyclic) bond motifs is 1. The molecule has 1 amide bonds. The molecule has 0 atom stereocenters. The topological polar surface area (TPSA) is 79.0 Å². The van der Waals surface area contributed by atoms with Crippen LogP contribution in [0.5, 0.6) is 0 Å². The number of carbonyl (C=O) groups is 1. The van der Waals surface area contributed by atoms with Crippen LogP contribution in [0.2, 0.25) is 0 Å². The molecule has 3 rings (SSSR count). The number of amides is 1. The molecule has 0 bridgehead atoms. The Morgan fingerprint density at radius 3 is 2.28 bits per heavy atom. The first-order valence-corrected chi connectivity index (χ1v) is 11.7. The molecule has 1 aromatic heterocycles. The predicted molar refractivity (Wildman–Crippen MR) is 129 cm³/mol. The molecule has 3 aromatic rings. The Morgan fingerprint density at radius 2 is 1.69 bits per heavy atom. The highest BCUT2D eigenvalue weighted by atomic mass is 32.2. The third kappa shape index (κ3) is 5.57. The number of rotatable bonds is 8. The van der Waals surface area contributed by atoms with Crippen LogP contribution in [0.4, 0.5) is 0 Å². The number of aromatic nitrogens is 2. The van der Waals surface area contributed by atoms with Crippen molar-refractivity contribution in [2.24, 2.45) is 11.8 Å². The van der Waals surface area contributed by atoms with Gasteiger partial charge in [-0.15, -0.1) is 0 Å². The Kier molecular flexibility index (Phi) is 7.70. The molecule has 0 aliphatic rings. The van der Waals surface area contributed by atoms with Gasteiger partial charge in [0.25, 0.3) is 5.56 Å². The molecule has 0 radical (unpaired) electrons. The van der Waals surface area contributed by atoms with E-state index in [-0.39, 0.29) is 17.2 Å². The van der Waals surface area contributed by atoms with E-state index in [0.717, 1.165) is 0 Å². The molecule has 2 aromatic carbocycles. The smallest absolute Gasteiger partial charge is 0.266 e. The molecule has 0 aliphatic carbocycles. The van der Waals surface area contributed by atoms with Crippen molar-refractivity contribution in [3.63, 3.8) is 0 Å². The van der Waals surface area contributed by atoms with Crippen molar-refractivity contribution < 1.29 is 4.79 Å². The second-order valence-corrected chi connectivity index (χ2v) is 9.53. The number of benzene rings is 2.